The summed E-state index contributed by atoms with van der Waals surface area (Å²) in [6.07, 6.45) is -2.59. The summed E-state index contributed by atoms with van der Waals surface area (Å²) in [7, 11) is 0. The highest BCUT2D eigenvalue weighted by atomic mass is 19.1. The van der Waals surface area contributed by atoms with E-state index in [0.29, 0.717) is 5.75 Å². The summed E-state index contributed by atoms with van der Waals surface area (Å²) in [4.78, 5) is 13.4. The Balaban J connectivity index is 1.94. The van der Waals surface area contributed by atoms with Crippen LogP contribution in [0, 0.1) is 5.82 Å². The number of carbonyl (C=O) groups is 1. The van der Waals surface area contributed by atoms with Gasteiger partial charge in [0.25, 0.3) is 5.91 Å². The second kappa shape index (κ2) is 5.54. The van der Waals surface area contributed by atoms with E-state index in [0.717, 1.165) is 0 Å². The van der Waals surface area contributed by atoms with Crippen molar-refractivity contribution in [2.75, 3.05) is 13.1 Å². The number of hydrogen-bond acceptors (Lipinski definition) is 4. The number of benzene rings is 1. The Morgan fingerprint density at radius 1 is 1.32 bits per heavy atom. The predicted octanol–water partition coefficient (Wildman–Crippen LogP) is 0.157. The lowest BCUT2D eigenvalue weighted by Crippen LogP contribution is -2.39. The Morgan fingerprint density at radius 3 is 2.37 bits per heavy atom. The molecule has 1 saturated heterocycles. The molecule has 1 amide bonds. The molecule has 0 aromatic heterocycles. The molecule has 0 aliphatic carbocycles. The molecule has 1 aliphatic heterocycles. The number of rotatable bonds is 3. The van der Waals surface area contributed by atoms with Gasteiger partial charge in [0.2, 0.25) is 0 Å². The Bertz CT molecular complexity index is 440. The van der Waals surface area contributed by atoms with Gasteiger partial charge in [0.05, 0.1) is 12.2 Å². The number of aliphatic hydroxyl groups is 2. The molecule has 1 fully saturated rings. The lowest BCUT2D eigenvalue weighted by Gasteiger charge is -2.21. The van der Waals surface area contributed by atoms with Gasteiger partial charge < -0.3 is 19.8 Å². The summed E-state index contributed by atoms with van der Waals surface area (Å²) < 4.78 is 18.1. The summed E-state index contributed by atoms with van der Waals surface area (Å²) in [5.41, 5.74) is 0. The largest absolute Gasteiger partial charge is 0.481 e. The molecule has 2 rings (SSSR count). The summed E-state index contributed by atoms with van der Waals surface area (Å²) in [6, 6.07) is 5.37. The van der Waals surface area contributed by atoms with Crippen molar-refractivity contribution < 1.29 is 24.1 Å². The van der Waals surface area contributed by atoms with E-state index in [1.165, 1.54) is 29.2 Å². The topological polar surface area (TPSA) is 70.0 Å². The minimum atomic E-state index is -0.915. The molecule has 104 valence electrons. The van der Waals surface area contributed by atoms with Crippen LogP contribution in [0.5, 0.6) is 5.75 Å². The van der Waals surface area contributed by atoms with Gasteiger partial charge in [-0.3, -0.25) is 4.79 Å². The van der Waals surface area contributed by atoms with E-state index >= 15 is 0 Å². The van der Waals surface area contributed by atoms with Crippen LogP contribution in [0.15, 0.2) is 24.3 Å². The zero-order valence-corrected chi connectivity index (χ0v) is 10.5. The van der Waals surface area contributed by atoms with Crippen molar-refractivity contribution in [3.8, 4) is 5.75 Å². The molecule has 0 bridgehead atoms. The summed E-state index contributed by atoms with van der Waals surface area (Å²) in [6.45, 7) is 1.76. The highest BCUT2D eigenvalue weighted by Gasteiger charge is 2.34. The highest BCUT2D eigenvalue weighted by molar-refractivity contribution is 5.81. The maximum atomic E-state index is 12.7. The van der Waals surface area contributed by atoms with Crippen molar-refractivity contribution in [3.05, 3.63) is 30.1 Å². The van der Waals surface area contributed by atoms with Crippen LogP contribution in [0.2, 0.25) is 0 Å². The molecule has 1 aromatic rings. The average Bonchev–Trinajstić information content (AvgIpc) is 2.71. The maximum absolute atomic E-state index is 12.7. The van der Waals surface area contributed by atoms with Crippen LogP contribution in [0.25, 0.3) is 0 Å². The van der Waals surface area contributed by atoms with Gasteiger partial charge in [0.1, 0.15) is 11.6 Å². The number of carbonyl (C=O) groups excluding carboxylic acids is 1. The van der Waals surface area contributed by atoms with Crippen LogP contribution in [0.1, 0.15) is 6.92 Å². The van der Waals surface area contributed by atoms with Gasteiger partial charge in [-0.2, -0.15) is 0 Å². The fraction of sp³-hybridized carbons (Fsp3) is 0.462. The van der Waals surface area contributed by atoms with E-state index in [9.17, 15) is 19.4 Å². The molecule has 19 heavy (non-hydrogen) atoms. The number of ether oxygens (including phenoxy) is 1. The van der Waals surface area contributed by atoms with Gasteiger partial charge in [0.15, 0.2) is 6.10 Å². The SMILES string of the molecule is CC(Oc1ccc(F)cc1)C(=O)N1CC(O)C(O)C1. The first kappa shape index (κ1) is 13.8. The molecular weight excluding hydrogens is 253 g/mol. The molecule has 1 heterocycles. The first-order valence-corrected chi connectivity index (χ1v) is 6.04. The first-order valence-electron chi connectivity index (χ1n) is 6.04. The second-order valence-corrected chi connectivity index (χ2v) is 4.59. The standard InChI is InChI=1S/C13H16FNO4/c1-8(19-10-4-2-9(14)3-5-10)13(18)15-6-11(16)12(17)7-15/h2-5,8,11-12,16-17H,6-7H2,1H3. The maximum Gasteiger partial charge on any atom is 0.263 e. The van der Waals surface area contributed by atoms with Crippen molar-refractivity contribution in [1.82, 2.24) is 4.90 Å². The van der Waals surface area contributed by atoms with E-state index in [1.54, 1.807) is 6.92 Å². The van der Waals surface area contributed by atoms with Crippen molar-refractivity contribution in [2.24, 2.45) is 0 Å². The molecule has 6 heteroatoms. The van der Waals surface area contributed by atoms with E-state index in [-0.39, 0.29) is 24.8 Å². The van der Waals surface area contributed by atoms with Gasteiger partial charge in [-0.25, -0.2) is 4.39 Å². The third kappa shape index (κ3) is 3.21. The molecule has 2 N–H and O–H groups in total. The average molecular weight is 269 g/mol. The van der Waals surface area contributed by atoms with Crippen LogP contribution in [-0.2, 0) is 4.79 Å². The van der Waals surface area contributed by atoms with Crippen molar-refractivity contribution >= 4 is 5.91 Å². The predicted molar refractivity (Wildman–Crippen MR) is 65.1 cm³/mol. The third-order valence-corrected chi connectivity index (χ3v) is 3.04. The van der Waals surface area contributed by atoms with E-state index < -0.39 is 18.3 Å². The first-order chi connectivity index (χ1) is 8.97. The molecular formula is C13H16FNO4. The number of halogens is 1. The van der Waals surface area contributed by atoms with Crippen LogP contribution in [0.3, 0.4) is 0 Å². The summed E-state index contributed by atoms with van der Waals surface area (Å²) in [5, 5.41) is 18.8. The van der Waals surface area contributed by atoms with Crippen molar-refractivity contribution in [2.45, 2.75) is 25.2 Å². The minimum Gasteiger partial charge on any atom is -0.481 e. The van der Waals surface area contributed by atoms with E-state index in [4.69, 9.17) is 4.74 Å². The normalized spacial score (nSPS) is 24.3. The molecule has 1 aromatic carbocycles. The third-order valence-electron chi connectivity index (χ3n) is 3.04. The number of amides is 1. The monoisotopic (exact) mass is 269 g/mol. The molecule has 1 aliphatic rings. The Morgan fingerprint density at radius 2 is 1.84 bits per heavy atom. The number of aliphatic hydroxyl groups excluding tert-OH is 2. The Hall–Kier alpha value is -1.66. The van der Waals surface area contributed by atoms with E-state index in [1.807, 2.05) is 0 Å². The van der Waals surface area contributed by atoms with Gasteiger partial charge in [-0.15, -0.1) is 0 Å². The lowest BCUT2D eigenvalue weighted by atomic mass is 10.3. The van der Waals surface area contributed by atoms with Crippen molar-refractivity contribution in [3.63, 3.8) is 0 Å². The van der Waals surface area contributed by atoms with E-state index in [2.05, 4.69) is 0 Å². The number of β-amino-alcohol motifs (C(OH)–C–C–N with tert-alkyl or cyclic N) is 2. The zero-order chi connectivity index (χ0) is 14.0. The Labute approximate surface area is 110 Å². The van der Waals surface area contributed by atoms with Crippen LogP contribution in [-0.4, -0.2) is 52.4 Å². The molecule has 3 unspecified atom stereocenters. The number of likely N-dealkylation sites (tertiary alicyclic amines) is 1. The number of nitrogens with zero attached hydrogens (tertiary/aromatic N) is 1. The smallest absolute Gasteiger partial charge is 0.263 e. The lowest BCUT2D eigenvalue weighted by molar-refractivity contribution is -0.137. The second-order valence-electron chi connectivity index (χ2n) is 4.59. The molecule has 0 saturated carbocycles. The van der Waals surface area contributed by atoms with Crippen LogP contribution in [0.4, 0.5) is 4.39 Å². The quantitative estimate of drug-likeness (QED) is 0.820. The van der Waals surface area contributed by atoms with Gasteiger partial charge >= 0.3 is 0 Å². The molecule has 5 nitrogen and oxygen atoms in total. The molecule has 3 atom stereocenters. The fourth-order valence-corrected chi connectivity index (χ4v) is 1.97. The zero-order valence-electron chi connectivity index (χ0n) is 10.5. The van der Waals surface area contributed by atoms with Crippen LogP contribution < -0.4 is 4.74 Å². The van der Waals surface area contributed by atoms with Crippen LogP contribution >= 0.6 is 0 Å². The fourth-order valence-electron chi connectivity index (χ4n) is 1.97. The minimum absolute atomic E-state index is 0.0944. The molecule has 0 spiro atoms. The van der Waals surface area contributed by atoms with Crippen molar-refractivity contribution in [1.29, 1.82) is 0 Å². The van der Waals surface area contributed by atoms with Gasteiger partial charge in [-0.05, 0) is 31.2 Å². The summed E-state index contributed by atoms with van der Waals surface area (Å²) in [5.74, 6) is -0.306. The summed E-state index contributed by atoms with van der Waals surface area (Å²) >= 11 is 0. The molecule has 0 radical (unpaired) electrons. The van der Waals surface area contributed by atoms with Gasteiger partial charge in [0, 0.05) is 13.1 Å². The number of hydrogen-bond donors (Lipinski definition) is 2. The Kier molecular flexibility index (Phi) is 4.01. The highest BCUT2D eigenvalue weighted by Crippen LogP contribution is 2.16. The van der Waals surface area contributed by atoms with Gasteiger partial charge in [-0.1, -0.05) is 0 Å².